The first-order chi connectivity index (χ1) is 14.0. The predicted octanol–water partition coefficient (Wildman–Crippen LogP) is 4.51. The molecule has 0 unspecified atom stereocenters. The van der Waals surface area contributed by atoms with E-state index in [2.05, 4.69) is 11.1 Å². The Hall–Kier alpha value is -3.90. The Labute approximate surface area is 170 Å². The summed E-state index contributed by atoms with van der Waals surface area (Å²) in [7, 11) is 3.09. The summed E-state index contributed by atoms with van der Waals surface area (Å²) >= 11 is 1.28. The number of nitro groups is 1. The van der Waals surface area contributed by atoms with E-state index < -0.39 is 16.4 Å². The summed E-state index contributed by atoms with van der Waals surface area (Å²) in [5.74, 6) is 0.723. The number of benzene rings is 2. The maximum absolute atomic E-state index is 11.0. The van der Waals surface area contributed by atoms with Gasteiger partial charge < -0.3 is 14.6 Å². The molecule has 3 rings (SSSR count). The molecule has 0 saturated heterocycles. The van der Waals surface area contributed by atoms with Crippen LogP contribution in [0.5, 0.6) is 17.2 Å². The molecule has 1 heterocycles. The molecule has 0 spiro atoms. The molecular weight excluding hydrogens is 394 g/mol. The van der Waals surface area contributed by atoms with Crippen LogP contribution in [0, 0.1) is 21.4 Å². The van der Waals surface area contributed by atoms with Crippen molar-refractivity contribution in [2.75, 3.05) is 14.2 Å². The molecule has 9 heteroatoms. The highest BCUT2D eigenvalue weighted by Crippen LogP contribution is 2.34. The van der Waals surface area contributed by atoms with Crippen LogP contribution >= 0.6 is 11.3 Å². The summed E-state index contributed by atoms with van der Waals surface area (Å²) in [6.45, 7) is 0. The van der Waals surface area contributed by atoms with Crippen LogP contribution in [-0.2, 0) is 0 Å². The summed E-state index contributed by atoms with van der Waals surface area (Å²) in [5, 5.41) is 32.4. The maximum atomic E-state index is 11.0. The summed E-state index contributed by atoms with van der Waals surface area (Å²) in [6.07, 6.45) is 1.49. The van der Waals surface area contributed by atoms with Crippen LogP contribution in [-0.4, -0.2) is 29.2 Å². The minimum absolute atomic E-state index is 0.252. The Morgan fingerprint density at radius 3 is 2.66 bits per heavy atom. The highest BCUT2D eigenvalue weighted by molar-refractivity contribution is 7.11. The molecule has 146 valence electrons. The molecule has 0 radical (unpaired) electrons. The van der Waals surface area contributed by atoms with Gasteiger partial charge in [0.25, 0.3) is 0 Å². The van der Waals surface area contributed by atoms with Crippen LogP contribution in [0.1, 0.15) is 10.6 Å². The second-order valence-electron chi connectivity index (χ2n) is 5.78. The van der Waals surface area contributed by atoms with Crippen LogP contribution in [0.2, 0.25) is 0 Å². The molecule has 0 aliphatic rings. The predicted molar refractivity (Wildman–Crippen MR) is 109 cm³/mol. The quantitative estimate of drug-likeness (QED) is 0.361. The van der Waals surface area contributed by atoms with E-state index in [0.717, 1.165) is 5.56 Å². The standard InChI is InChI=1S/C20H15N3O5S/c1-27-18-6-4-13(9-19(18)28-2)15-11-29-20(22-15)14(10-21)7-12-3-5-17(24)16(8-12)23(25)26/h3-9,11,24H,1-2H3. The maximum Gasteiger partial charge on any atom is 0.311 e. The second-order valence-corrected chi connectivity index (χ2v) is 6.64. The number of nitriles is 1. The van der Waals surface area contributed by atoms with Crippen molar-refractivity contribution in [1.29, 1.82) is 5.26 Å². The third-order valence-electron chi connectivity index (χ3n) is 4.04. The van der Waals surface area contributed by atoms with E-state index in [1.807, 2.05) is 6.07 Å². The third kappa shape index (κ3) is 4.17. The van der Waals surface area contributed by atoms with Crippen molar-refractivity contribution >= 4 is 28.7 Å². The van der Waals surface area contributed by atoms with E-state index in [0.29, 0.717) is 27.8 Å². The van der Waals surface area contributed by atoms with Gasteiger partial charge in [-0.2, -0.15) is 5.26 Å². The van der Waals surface area contributed by atoms with Gasteiger partial charge in [-0.25, -0.2) is 4.98 Å². The minimum Gasteiger partial charge on any atom is -0.502 e. The highest BCUT2D eigenvalue weighted by Gasteiger charge is 2.15. The Balaban J connectivity index is 1.96. The fraction of sp³-hybridized carbons (Fsp3) is 0.100. The fourth-order valence-corrected chi connectivity index (χ4v) is 3.41. The van der Waals surface area contributed by atoms with Crippen molar-refractivity contribution in [2.45, 2.75) is 0 Å². The SMILES string of the molecule is COc1ccc(-c2csc(C(C#N)=Cc3ccc(O)c([N+](=O)[O-])c3)n2)cc1OC. The van der Waals surface area contributed by atoms with Gasteiger partial charge in [-0.1, -0.05) is 6.07 Å². The third-order valence-corrected chi connectivity index (χ3v) is 4.92. The number of hydrogen-bond donors (Lipinski definition) is 1. The number of allylic oxidation sites excluding steroid dienone is 1. The first-order valence-corrected chi connectivity index (χ1v) is 9.12. The number of aromatic nitrogens is 1. The van der Waals surface area contributed by atoms with Gasteiger partial charge in [-0.05, 0) is 35.9 Å². The summed E-state index contributed by atoms with van der Waals surface area (Å²) in [6, 6.07) is 11.4. The lowest BCUT2D eigenvalue weighted by molar-refractivity contribution is -0.385. The van der Waals surface area contributed by atoms with Crippen LogP contribution < -0.4 is 9.47 Å². The van der Waals surface area contributed by atoms with Crippen LogP contribution in [0.4, 0.5) is 5.69 Å². The Morgan fingerprint density at radius 1 is 1.24 bits per heavy atom. The van der Waals surface area contributed by atoms with Gasteiger partial charge in [-0.3, -0.25) is 10.1 Å². The molecule has 8 nitrogen and oxygen atoms in total. The first kappa shape index (κ1) is 19.9. The van der Waals surface area contributed by atoms with E-state index in [9.17, 15) is 20.5 Å². The number of thiazole rings is 1. The van der Waals surface area contributed by atoms with Crippen molar-refractivity contribution in [3.05, 3.63) is 62.5 Å². The largest absolute Gasteiger partial charge is 0.502 e. The number of nitrogens with zero attached hydrogens (tertiary/aromatic N) is 3. The number of methoxy groups -OCH3 is 2. The van der Waals surface area contributed by atoms with Crippen molar-refractivity contribution in [1.82, 2.24) is 4.98 Å². The van der Waals surface area contributed by atoms with Gasteiger partial charge in [-0.15, -0.1) is 11.3 Å². The average Bonchev–Trinajstić information content (AvgIpc) is 3.22. The minimum atomic E-state index is -0.683. The normalized spacial score (nSPS) is 11.0. The van der Waals surface area contributed by atoms with Crippen molar-refractivity contribution in [3.63, 3.8) is 0 Å². The Morgan fingerprint density at radius 2 is 2.00 bits per heavy atom. The number of nitro benzene ring substituents is 1. The molecule has 1 aromatic heterocycles. The van der Waals surface area contributed by atoms with Crippen LogP contribution in [0.3, 0.4) is 0 Å². The number of ether oxygens (including phenoxy) is 2. The zero-order valence-corrected chi connectivity index (χ0v) is 16.3. The van der Waals surface area contributed by atoms with E-state index in [1.165, 1.54) is 35.6 Å². The van der Waals surface area contributed by atoms with Crippen LogP contribution in [0.15, 0.2) is 41.8 Å². The molecule has 0 fully saturated rings. The zero-order valence-electron chi connectivity index (χ0n) is 15.4. The van der Waals surface area contributed by atoms with Crippen molar-refractivity contribution in [3.8, 4) is 34.6 Å². The van der Waals surface area contributed by atoms with Crippen molar-refractivity contribution < 1.29 is 19.5 Å². The topological polar surface area (TPSA) is 119 Å². The molecule has 0 aliphatic carbocycles. The van der Waals surface area contributed by atoms with Gasteiger partial charge in [0.05, 0.1) is 30.4 Å². The summed E-state index contributed by atoms with van der Waals surface area (Å²) < 4.78 is 10.5. The highest BCUT2D eigenvalue weighted by atomic mass is 32.1. The Kier molecular flexibility index (Phi) is 5.76. The first-order valence-electron chi connectivity index (χ1n) is 8.24. The van der Waals surface area contributed by atoms with E-state index >= 15 is 0 Å². The lowest BCUT2D eigenvalue weighted by Gasteiger charge is -2.08. The van der Waals surface area contributed by atoms with Gasteiger partial charge in [0.15, 0.2) is 17.2 Å². The van der Waals surface area contributed by atoms with Gasteiger partial charge in [0.2, 0.25) is 0 Å². The monoisotopic (exact) mass is 409 g/mol. The molecule has 0 bridgehead atoms. The lowest BCUT2D eigenvalue weighted by Crippen LogP contribution is -1.91. The van der Waals surface area contributed by atoms with E-state index in [4.69, 9.17) is 9.47 Å². The van der Waals surface area contributed by atoms with Crippen molar-refractivity contribution in [2.24, 2.45) is 0 Å². The molecule has 29 heavy (non-hydrogen) atoms. The molecule has 2 aromatic carbocycles. The molecule has 0 aliphatic heterocycles. The number of aromatic hydroxyl groups is 1. The number of phenolic OH excluding ortho intramolecular Hbond substituents is 1. The smallest absolute Gasteiger partial charge is 0.311 e. The number of rotatable bonds is 6. The van der Waals surface area contributed by atoms with Gasteiger partial charge >= 0.3 is 5.69 Å². The van der Waals surface area contributed by atoms with E-state index in [1.54, 1.807) is 31.7 Å². The molecule has 0 amide bonds. The Bertz CT molecular complexity index is 1150. The van der Waals surface area contributed by atoms with E-state index in [-0.39, 0.29) is 5.57 Å². The second kappa shape index (κ2) is 8.41. The molecule has 1 N–H and O–H groups in total. The average molecular weight is 409 g/mol. The molecule has 0 saturated carbocycles. The van der Waals surface area contributed by atoms with Crippen LogP contribution in [0.25, 0.3) is 22.9 Å². The number of hydrogen-bond acceptors (Lipinski definition) is 8. The number of phenols is 1. The summed E-state index contributed by atoms with van der Waals surface area (Å²) in [4.78, 5) is 14.8. The molecule has 0 atom stereocenters. The van der Waals surface area contributed by atoms with Gasteiger partial charge in [0.1, 0.15) is 11.1 Å². The molecule has 3 aromatic rings. The summed E-state index contributed by atoms with van der Waals surface area (Å²) in [5.41, 5.74) is 1.68. The lowest BCUT2D eigenvalue weighted by atomic mass is 10.1. The zero-order chi connectivity index (χ0) is 21.0. The fourth-order valence-electron chi connectivity index (χ4n) is 2.61. The van der Waals surface area contributed by atoms with Gasteiger partial charge in [0, 0.05) is 17.0 Å². The molecular formula is C20H15N3O5S.